The molecule has 0 atom stereocenters. The van der Waals surface area contributed by atoms with E-state index in [0.29, 0.717) is 31.6 Å². The van der Waals surface area contributed by atoms with Gasteiger partial charge in [-0.2, -0.15) is 0 Å². The highest BCUT2D eigenvalue weighted by molar-refractivity contribution is 7.53. The Kier molecular flexibility index (Phi) is 10.7. The molecular formula is C14H27O5P. The number of hydrogen-bond acceptors (Lipinski definition) is 5. The molecule has 20 heavy (non-hydrogen) atoms. The van der Waals surface area contributed by atoms with Crippen LogP contribution in [-0.2, 0) is 23.1 Å². The van der Waals surface area contributed by atoms with E-state index in [4.69, 9.17) is 13.8 Å². The number of esters is 1. The minimum Gasteiger partial charge on any atom is -0.462 e. The summed E-state index contributed by atoms with van der Waals surface area (Å²) in [6, 6.07) is 0. The Morgan fingerprint density at radius 2 is 1.60 bits per heavy atom. The van der Waals surface area contributed by atoms with Crippen LogP contribution in [0.3, 0.4) is 0 Å². The van der Waals surface area contributed by atoms with E-state index < -0.39 is 7.60 Å². The third-order valence-corrected chi connectivity index (χ3v) is 4.73. The summed E-state index contributed by atoms with van der Waals surface area (Å²) in [5.41, 5.74) is 0.416. The standard InChI is InChI=1S/C14H27O5P/c1-5-18-20(16,19-6-2)12-10-8-7-9-11-17-14(15)13(3)4/h3,5-12H2,1-2,4H3. The van der Waals surface area contributed by atoms with E-state index in [1.54, 1.807) is 6.92 Å². The Balaban J connectivity index is 3.67. The molecule has 0 aliphatic heterocycles. The van der Waals surface area contributed by atoms with E-state index in [0.717, 1.165) is 25.7 Å². The lowest BCUT2D eigenvalue weighted by atomic mass is 10.2. The van der Waals surface area contributed by atoms with E-state index in [2.05, 4.69) is 6.58 Å². The highest BCUT2D eigenvalue weighted by atomic mass is 31.2. The molecule has 0 N–H and O–H groups in total. The van der Waals surface area contributed by atoms with Crippen LogP contribution in [0.2, 0.25) is 0 Å². The SMILES string of the molecule is C=C(C)C(=O)OCCCCCCP(=O)(OCC)OCC. The van der Waals surface area contributed by atoms with Gasteiger partial charge < -0.3 is 13.8 Å². The second-order valence-corrected chi connectivity index (χ2v) is 6.69. The number of unbranched alkanes of at least 4 members (excludes halogenated alkanes) is 3. The van der Waals surface area contributed by atoms with E-state index in [1.165, 1.54) is 0 Å². The van der Waals surface area contributed by atoms with Gasteiger partial charge in [0.05, 0.1) is 26.0 Å². The Morgan fingerprint density at radius 1 is 1.05 bits per heavy atom. The third-order valence-electron chi connectivity index (χ3n) is 2.56. The molecule has 6 heteroatoms. The molecule has 0 amide bonds. The maximum Gasteiger partial charge on any atom is 0.333 e. The first-order valence-corrected chi connectivity index (χ1v) is 8.88. The van der Waals surface area contributed by atoms with Crippen LogP contribution in [0.1, 0.15) is 46.5 Å². The summed E-state index contributed by atoms with van der Waals surface area (Å²) < 4.78 is 27.5. The summed E-state index contributed by atoms with van der Waals surface area (Å²) >= 11 is 0. The Bertz CT molecular complexity index is 330. The largest absolute Gasteiger partial charge is 0.462 e. The van der Waals surface area contributed by atoms with Crippen molar-refractivity contribution in [3.63, 3.8) is 0 Å². The van der Waals surface area contributed by atoms with Gasteiger partial charge in [0.15, 0.2) is 0 Å². The smallest absolute Gasteiger partial charge is 0.333 e. The van der Waals surface area contributed by atoms with Crippen molar-refractivity contribution in [3.05, 3.63) is 12.2 Å². The molecule has 0 aliphatic rings. The molecule has 0 aromatic heterocycles. The molecule has 0 bridgehead atoms. The minimum atomic E-state index is -2.90. The van der Waals surface area contributed by atoms with Crippen molar-refractivity contribution < 1.29 is 23.1 Å². The normalized spacial score (nSPS) is 11.3. The molecule has 0 fully saturated rings. The predicted octanol–water partition coefficient (Wildman–Crippen LogP) is 3.93. The lowest BCUT2D eigenvalue weighted by Crippen LogP contribution is -2.06. The Labute approximate surface area is 122 Å². The molecule has 0 radical (unpaired) electrons. The molecule has 0 heterocycles. The lowest BCUT2D eigenvalue weighted by molar-refractivity contribution is -0.139. The van der Waals surface area contributed by atoms with Crippen molar-refractivity contribution in [3.8, 4) is 0 Å². The quantitative estimate of drug-likeness (QED) is 0.236. The molecule has 118 valence electrons. The maximum atomic E-state index is 12.1. The summed E-state index contributed by atoms with van der Waals surface area (Å²) in [7, 11) is -2.90. The van der Waals surface area contributed by atoms with Crippen LogP contribution in [0, 0.1) is 0 Å². The highest BCUT2D eigenvalue weighted by Gasteiger charge is 2.22. The van der Waals surface area contributed by atoms with Crippen LogP contribution in [-0.4, -0.2) is 32.0 Å². The molecule has 0 aromatic carbocycles. The van der Waals surface area contributed by atoms with E-state index in [-0.39, 0.29) is 5.97 Å². The monoisotopic (exact) mass is 306 g/mol. The zero-order valence-corrected chi connectivity index (χ0v) is 13.7. The number of carbonyl (C=O) groups is 1. The zero-order valence-electron chi connectivity index (χ0n) is 12.9. The van der Waals surface area contributed by atoms with Crippen LogP contribution in [0.15, 0.2) is 12.2 Å². The summed E-state index contributed by atoms with van der Waals surface area (Å²) in [5, 5.41) is 0. The highest BCUT2D eigenvalue weighted by Crippen LogP contribution is 2.48. The van der Waals surface area contributed by atoms with Crippen molar-refractivity contribution in [2.45, 2.75) is 46.5 Å². The molecule has 0 aliphatic carbocycles. The fourth-order valence-corrected chi connectivity index (χ4v) is 3.34. The van der Waals surface area contributed by atoms with E-state index in [9.17, 15) is 9.36 Å². The van der Waals surface area contributed by atoms with Gasteiger partial charge in [-0.15, -0.1) is 0 Å². The summed E-state index contributed by atoms with van der Waals surface area (Å²) in [5.74, 6) is -0.345. The maximum absolute atomic E-state index is 12.1. The van der Waals surface area contributed by atoms with Crippen LogP contribution >= 0.6 is 7.60 Å². The fraction of sp³-hybridized carbons (Fsp3) is 0.786. The molecule has 0 saturated heterocycles. The Morgan fingerprint density at radius 3 is 2.10 bits per heavy atom. The average molecular weight is 306 g/mol. The van der Waals surface area contributed by atoms with Crippen molar-refractivity contribution in [1.82, 2.24) is 0 Å². The number of ether oxygens (including phenoxy) is 1. The first-order chi connectivity index (χ1) is 9.45. The summed E-state index contributed by atoms with van der Waals surface area (Å²) in [6.07, 6.45) is 3.86. The van der Waals surface area contributed by atoms with E-state index >= 15 is 0 Å². The zero-order chi connectivity index (χ0) is 15.4. The van der Waals surface area contributed by atoms with Gasteiger partial charge in [-0.25, -0.2) is 4.79 Å². The van der Waals surface area contributed by atoms with Crippen molar-refractivity contribution in [1.29, 1.82) is 0 Å². The first-order valence-electron chi connectivity index (χ1n) is 7.16. The van der Waals surface area contributed by atoms with Crippen molar-refractivity contribution >= 4 is 13.6 Å². The number of carbonyl (C=O) groups excluding carboxylic acids is 1. The number of hydrogen-bond donors (Lipinski definition) is 0. The third kappa shape index (κ3) is 9.29. The van der Waals surface area contributed by atoms with Crippen LogP contribution < -0.4 is 0 Å². The molecule has 0 unspecified atom stereocenters. The average Bonchev–Trinajstić information content (AvgIpc) is 2.37. The predicted molar refractivity (Wildman–Crippen MR) is 80.0 cm³/mol. The van der Waals surface area contributed by atoms with Gasteiger partial charge in [-0.3, -0.25) is 4.57 Å². The van der Waals surface area contributed by atoms with Gasteiger partial charge in [-0.05, 0) is 33.6 Å². The summed E-state index contributed by atoms with van der Waals surface area (Å²) in [4.78, 5) is 11.1. The minimum absolute atomic E-state index is 0.345. The van der Waals surface area contributed by atoms with Crippen molar-refractivity contribution in [2.24, 2.45) is 0 Å². The molecule has 0 saturated carbocycles. The van der Waals surface area contributed by atoms with Gasteiger partial charge in [0.25, 0.3) is 0 Å². The molecule has 0 aromatic rings. The van der Waals surface area contributed by atoms with Crippen LogP contribution in [0.5, 0.6) is 0 Å². The fourth-order valence-electron chi connectivity index (χ4n) is 1.61. The van der Waals surface area contributed by atoms with Crippen LogP contribution in [0.4, 0.5) is 0 Å². The number of rotatable bonds is 12. The molecule has 0 rings (SSSR count). The van der Waals surface area contributed by atoms with Gasteiger partial charge in [0.2, 0.25) is 0 Å². The van der Waals surface area contributed by atoms with Gasteiger partial charge in [-0.1, -0.05) is 19.4 Å². The van der Waals surface area contributed by atoms with Gasteiger partial charge in [0.1, 0.15) is 0 Å². The second-order valence-electron chi connectivity index (χ2n) is 4.50. The van der Waals surface area contributed by atoms with Crippen LogP contribution in [0.25, 0.3) is 0 Å². The molecule has 0 spiro atoms. The Hall–Kier alpha value is -0.640. The second kappa shape index (κ2) is 11.1. The van der Waals surface area contributed by atoms with Gasteiger partial charge in [0, 0.05) is 5.57 Å². The molecular weight excluding hydrogens is 279 g/mol. The first kappa shape index (κ1) is 19.4. The van der Waals surface area contributed by atoms with Gasteiger partial charge >= 0.3 is 13.6 Å². The summed E-state index contributed by atoms with van der Waals surface area (Å²) in [6.45, 7) is 9.95. The van der Waals surface area contributed by atoms with Crippen molar-refractivity contribution in [2.75, 3.05) is 26.0 Å². The van der Waals surface area contributed by atoms with E-state index in [1.807, 2.05) is 13.8 Å². The lowest BCUT2D eigenvalue weighted by Gasteiger charge is -2.16. The topological polar surface area (TPSA) is 61.8 Å². The molecule has 5 nitrogen and oxygen atoms in total.